The van der Waals surface area contributed by atoms with Crippen molar-refractivity contribution < 1.29 is 14.6 Å². The summed E-state index contributed by atoms with van der Waals surface area (Å²) in [7, 11) is 0. The molecule has 134 valence electrons. The Bertz CT molecular complexity index is 881. The van der Waals surface area contributed by atoms with Crippen LogP contribution in [0.25, 0.3) is 11.1 Å². The van der Waals surface area contributed by atoms with Gasteiger partial charge in [0, 0.05) is 11.0 Å². The normalized spacial score (nSPS) is 12.6. The second kappa shape index (κ2) is 7.00. The first-order valence-electron chi connectivity index (χ1n) is 8.30. The standard InChI is InChI=1S/C20H21N3O3/c1-20(2,3)18(25)19(23-13-21-12-22-23)26-15-10-8-14(9-11-15)16-6-4-5-7-17(16)24/h4-13,19,24H,1-3H3. The minimum absolute atomic E-state index is 0.104. The van der Waals surface area contributed by atoms with Crippen LogP contribution >= 0.6 is 0 Å². The molecule has 1 heterocycles. The van der Waals surface area contributed by atoms with E-state index in [9.17, 15) is 9.90 Å². The highest BCUT2D eigenvalue weighted by Gasteiger charge is 2.33. The third-order valence-electron chi connectivity index (χ3n) is 3.96. The Morgan fingerprint density at radius 1 is 1.12 bits per heavy atom. The van der Waals surface area contributed by atoms with E-state index in [0.29, 0.717) is 5.75 Å². The van der Waals surface area contributed by atoms with Crippen molar-refractivity contribution in [2.75, 3.05) is 0 Å². The summed E-state index contributed by atoms with van der Waals surface area (Å²) in [5, 5.41) is 14.0. The van der Waals surface area contributed by atoms with Crippen molar-refractivity contribution in [3.05, 3.63) is 61.2 Å². The average molecular weight is 351 g/mol. The number of rotatable bonds is 5. The number of Topliss-reactive ketones (excluding diaryl/α,β-unsaturated/α-hetero) is 1. The largest absolute Gasteiger partial charge is 0.507 e. The summed E-state index contributed by atoms with van der Waals surface area (Å²) in [6.07, 6.45) is 1.94. The molecule has 0 saturated carbocycles. The number of ether oxygens (including phenoxy) is 1. The predicted octanol–water partition coefficient (Wildman–Crippen LogP) is 3.84. The van der Waals surface area contributed by atoms with Crippen LogP contribution in [0.5, 0.6) is 11.5 Å². The zero-order chi connectivity index (χ0) is 18.7. The summed E-state index contributed by atoms with van der Waals surface area (Å²) in [6, 6.07) is 14.3. The van der Waals surface area contributed by atoms with Gasteiger partial charge in [-0.25, -0.2) is 9.67 Å². The lowest BCUT2D eigenvalue weighted by molar-refractivity contribution is -0.138. The highest BCUT2D eigenvalue weighted by molar-refractivity contribution is 5.86. The van der Waals surface area contributed by atoms with Crippen molar-refractivity contribution in [1.82, 2.24) is 14.8 Å². The summed E-state index contributed by atoms with van der Waals surface area (Å²) >= 11 is 0. The minimum Gasteiger partial charge on any atom is -0.507 e. The Morgan fingerprint density at radius 3 is 2.38 bits per heavy atom. The lowest BCUT2D eigenvalue weighted by atomic mass is 9.90. The van der Waals surface area contributed by atoms with Crippen LogP contribution in [0.15, 0.2) is 61.2 Å². The number of aromatic nitrogens is 3. The summed E-state index contributed by atoms with van der Waals surface area (Å²) in [5.74, 6) is 0.639. The molecule has 2 aromatic carbocycles. The molecule has 3 rings (SSSR count). The number of carbonyl (C=O) groups is 1. The van der Waals surface area contributed by atoms with Crippen LogP contribution in [-0.4, -0.2) is 25.7 Å². The molecule has 1 N–H and O–H groups in total. The Labute approximate surface area is 152 Å². The van der Waals surface area contributed by atoms with Crippen molar-refractivity contribution in [2.24, 2.45) is 5.41 Å². The smallest absolute Gasteiger partial charge is 0.252 e. The van der Waals surface area contributed by atoms with Gasteiger partial charge in [0.1, 0.15) is 24.2 Å². The molecular weight excluding hydrogens is 330 g/mol. The van der Waals surface area contributed by atoms with E-state index in [1.54, 1.807) is 24.3 Å². The fourth-order valence-electron chi connectivity index (χ4n) is 2.50. The number of hydrogen-bond acceptors (Lipinski definition) is 5. The molecule has 1 atom stereocenters. The molecule has 0 aliphatic rings. The fraction of sp³-hybridized carbons (Fsp3) is 0.250. The first-order valence-corrected chi connectivity index (χ1v) is 8.30. The summed E-state index contributed by atoms with van der Waals surface area (Å²) in [6.45, 7) is 5.51. The van der Waals surface area contributed by atoms with E-state index in [1.807, 2.05) is 45.0 Å². The van der Waals surface area contributed by atoms with E-state index in [4.69, 9.17) is 4.74 Å². The van der Waals surface area contributed by atoms with E-state index < -0.39 is 11.6 Å². The van der Waals surface area contributed by atoms with Crippen LogP contribution in [0.4, 0.5) is 0 Å². The van der Waals surface area contributed by atoms with Crippen LogP contribution < -0.4 is 4.74 Å². The lowest BCUT2D eigenvalue weighted by Gasteiger charge is -2.25. The third kappa shape index (κ3) is 3.74. The Morgan fingerprint density at radius 2 is 1.81 bits per heavy atom. The molecule has 6 heteroatoms. The van der Waals surface area contributed by atoms with Crippen LogP contribution in [0.3, 0.4) is 0 Å². The van der Waals surface area contributed by atoms with Gasteiger partial charge in [-0.1, -0.05) is 51.1 Å². The highest BCUT2D eigenvalue weighted by Crippen LogP contribution is 2.31. The minimum atomic E-state index is -0.895. The molecule has 26 heavy (non-hydrogen) atoms. The lowest BCUT2D eigenvalue weighted by Crippen LogP contribution is -2.34. The number of hydrogen-bond donors (Lipinski definition) is 1. The Balaban J connectivity index is 1.86. The van der Waals surface area contributed by atoms with E-state index in [0.717, 1.165) is 11.1 Å². The Kier molecular flexibility index (Phi) is 4.75. The van der Waals surface area contributed by atoms with Gasteiger partial charge in [-0.15, -0.1) is 0 Å². The van der Waals surface area contributed by atoms with Gasteiger partial charge in [0.05, 0.1) is 0 Å². The molecule has 0 amide bonds. The van der Waals surface area contributed by atoms with Crippen molar-refractivity contribution in [3.8, 4) is 22.6 Å². The van der Waals surface area contributed by atoms with Gasteiger partial charge in [-0.3, -0.25) is 4.79 Å². The number of aromatic hydroxyl groups is 1. The summed E-state index contributed by atoms with van der Waals surface area (Å²) < 4.78 is 7.32. The summed E-state index contributed by atoms with van der Waals surface area (Å²) in [4.78, 5) is 16.7. The molecule has 1 unspecified atom stereocenters. The molecule has 0 aliphatic heterocycles. The predicted molar refractivity (Wildman–Crippen MR) is 97.7 cm³/mol. The maximum Gasteiger partial charge on any atom is 0.252 e. The summed E-state index contributed by atoms with van der Waals surface area (Å²) in [5.41, 5.74) is 0.999. The molecule has 0 saturated heterocycles. The fourth-order valence-corrected chi connectivity index (χ4v) is 2.50. The number of carbonyl (C=O) groups excluding carboxylic acids is 1. The zero-order valence-corrected chi connectivity index (χ0v) is 15.0. The number of ketones is 1. The monoisotopic (exact) mass is 351 g/mol. The van der Waals surface area contributed by atoms with Crippen molar-refractivity contribution in [3.63, 3.8) is 0 Å². The molecule has 6 nitrogen and oxygen atoms in total. The van der Waals surface area contributed by atoms with Crippen LogP contribution in [0, 0.1) is 5.41 Å². The molecule has 0 bridgehead atoms. The molecule has 3 aromatic rings. The number of phenolic OH excluding ortho intramolecular Hbond substituents is 1. The topological polar surface area (TPSA) is 77.2 Å². The van der Waals surface area contributed by atoms with Crippen molar-refractivity contribution >= 4 is 5.78 Å². The third-order valence-corrected chi connectivity index (χ3v) is 3.96. The molecule has 0 fully saturated rings. The number of benzene rings is 2. The number of nitrogens with zero attached hydrogens (tertiary/aromatic N) is 3. The van der Waals surface area contributed by atoms with E-state index in [-0.39, 0.29) is 11.5 Å². The van der Waals surface area contributed by atoms with E-state index >= 15 is 0 Å². The second-order valence-corrected chi connectivity index (χ2v) is 7.00. The molecule has 0 radical (unpaired) electrons. The average Bonchev–Trinajstić information content (AvgIpc) is 3.14. The van der Waals surface area contributed by atoms with Crippen molar-refractivity contribution in [2.45, 2.75) is 27.0 Å². The molecular formula is C20H21N3O3. The molecule has 0 aliphatic carbocycles. The molecule has 1 aromatic heterocycles. The van der Waals surface area contributed by atoms with Gasteiger partial charge >= 0.3 is 0 Å². The Hall–Kier alpha value is -3.15. The maximum atomic E-state index is 12.8. The van der Waals surface area contributed by atoms with Gasteiger partial charge in [0.2, 0.25) is 5.78 Å². The van der Waals surface area contributed by atoms with Gasteiger partial charge in [-0.05, 0) is 23.8 Å². The first-order chi connectivity index (χ1) is 12.4. The SMILES string of the molecule is CC(C)(C)C(=O)C(Oc1ccc(-c2ccccc2O)cc1)n1cncn1. The number of para-hydroxylation sites is 1. The number of phenols is 1. The molecule has 0 spiro atoms. The van der Waals surface area contributed by atoms with Crippen LogP contribution in [0.2, 0.25) is 0 Å². The maximum absolute atomic E-state index is 12.8. The second-order valence-electron chi connectivity index (χ2n) is 7.00. The quantitative estimate of drug-likeness (QED) is 0.755. The van der Waals surface area contributed by atoms with Crippen molar-refractivity contribution in [1.29, 1.82) is 0 Å². The van der Waals surface area contributed by atoms with Crippen LogP contribution in [0.1, 0.15) is 27.0 Å². The van der Waals surface area contributed by atoms with E-state index in [1.165, 1.54) is 17.3 Å². The van der Waals surface area contributed by atoms with Gasteiger partial charge < -0.3 is 9.84 Å². The first kappa shape index (κ1) is 17.7. The van der Waals surface area contributed by atoms with Crippen LogP contribution in [-0.2, 0) is 4.79 Å². The van der Waals surface area contributed by atoms with Gasteiger partial charge in [-0.2, -0.15) is 5.10 Å². The highest BCUT2D eigenvalue weighted by atomic mass is 16.5. The van der Waals surface area contributed by atoms with Gasteiger partial charge in [0.15, 0.2) is 0 Å². The zero-order valence-electron chi connectivity index (χ0n) is 15.0. The van der Waals surface area contributed by atoms with Gasteiger partial charge in [0.25, 0.3) is 6.23 Å². The van der Waals surface area contributed by atoms with E-state index in [2.05, 4.69) is 10.1 Å².